The fourth-order valence-corrected chi connectivity index (χ4v) is 14.4. The van der Waals surface area contributed by atoms with Crippen LogP contribution in [0.5, 0.6) is 0 Å². The van der Waals surface area contributed by atoms with Crippen molar-refractivity contribution >= 4 is 11.9 Å². The first kappa shape index (κ1) is 46.4. The van der Waals surface area contributed by atoms with E-state index in [9.17, 15) is 19.8 Å². The summed E-state index contributed by atoms with van der Waals surface area (Å²) in [4.78, 5) is 31.1. The van der Waals surface area contributed by atoms with Gasteiger partial charge in [-0.1, -0.05) is 88.5 Å². The maximum Gasteiger partial charge on any atom is 0.338 e. The third kappa shape index (κ3) is 7.67. The van der Waals surface area contributed by atoms with Crippen LogP contribution in [-0.4, -0.2) is 123 Å². The van der Waals surface area contributed by atoms with Crippen LogP contribution in [0, 0.1) is 34.5 Å². The van der Waals surface area contributed by atoms with Crippen LogP contribution in [0.15, 0.2) is 54.6 Å². The average molecular weight is 850 g/mol. The van der Waals surface area contributed by atoms with Gasteiger partial charge in [0.25, 0.3) is 0 Å². The molecule has 6 aliphatic rings. The summed E-state index contributed by atoms with van der Waals surface area (Å²) in [6.07, 6.45) is 18.3. The molecule has 61 heavy (non-hydrogen) atoms. The summed E-state index contributed by atoms with van der Waals surface area (Å²) >= 11 is 0. The van der Waals surface area contributed by atoms with Gasteiger partial charge >= 0.3 is 11.9 Å². The number of rotatable bonds is 23. The number of fused-ring (bicyclic) bond motifs is 2. The van der Waals surface area contributed by atoms with Gasteiger partial charge in [0.2, 0.25) is 0 Å². The molecule has 1 spiro atoms. The number of ether oxygens (including phenoxy) is 6. The molecule has 0 aromatic heterocycles. The molecule has 2 N–H and O–H groups in total. The molecule has 1 aliphatic heterocycles. The molecule has 0 radical (unpaired) electrons. The number of carbonyl (C=O) groups is 2. The molecular formula is C50H75NO10. The van der Waals surface area contributed by atoms with Crippen LogP contribution in [0.4, 0.5) is 0 Å². The Morgan fingerprint density at radius 2 is 1.56 bits per heavy atom. The lowest BCUT2D eigenvalue weighted by Gasteiger charge is -2.69. The number of esters is 2. The van der Waals surface area contributed by atoms with E-state index in [-0.39, 0.29) is 36.3 Å². The van der Waals surface area contributed by atoms with E-state index in [0.717, 1.165) is 64.3 Å². The van der Waals surface area contributed by atoms with E-state index in [1.165, 1.54) is 26.4 Å². The number of unbranched alkanes of at least 4 members (excludes halogenated alkanes) is 8. The number of hydrogen-bond donors (Lipinski definition) is 2. The highest BCUT2D eigenvalue weighted by Gasteiger charge is 2.91. The number of aliphatic hydroxyl groups is 2. The van der Waals surface area contributed by atoms with Crippen molar-refractivity contribution in [2.24, 2.45) is 34.5 Å². The maximum atomic E-state index is 14.6. The molecule has 1 aromatic carbocycles. The van der Waals surface area contributed by atoms with Crippen molar-refractivity contribution < 1.29 is 48.2 Å². The van der Waals surface area contributed by atoms with Gasteiger partial charge in [-0.25, -0.2) is 4.79 Å². The summed E-state index contributed by atoms with van der Waals surface area (Å²) in [5.74, 6) is -2.83. The quantitative estimate of drug-likeness (QED) is 0.0646. The third-order valence-electron chi connectivity index (χ3n) is 16.3. The summed E-state index contributed by atoms with van der Waals surface area (Å²) in [6.45, 7) is 6.36. The van der Waals surface area contributed by atoms with E-state index in [1.807, 2.05) is 6.07 Å². The highest BCUT2D eigenvalue weighted by atomic mass is 16.6. The van der Waals surface area contributed by atoms with Gasteiger partial charge < -0.3 is 38.6 Å². The zero-order valence-corrected chi connectivity index (χ0v) is 37.8. The fraction of sp³-hybridized carbons (Fsp3) is 0.760. The first-order chi connectivity index (χ1) is 29.6. The van der Waals surface area contributed by atoms with E-state index in [0.29, 0.717) is 25.1 Å². The Hall–Kier alpha value is -2.64. The van der Waals surface area contributed by atoms with Gasteiger partial charge in [0.05, 0.1) is 24.4 Å². The highest BCUT2D eigenvalue weighted by molar-refractivity contribution is 5.89. The molecule has 5 saturated carbocycles. The van der Waals surface area contributed by atoms with E-state index in [4.69, 9.17) is 28.4 Å². The molecular weight excluding hydrogens is 775 g/mol. The number of carbonyl (C=O) groups excluding carboxylic acids is 2. The monoisotopic (exact) mass is 850 g/mol. The summed E-state index contributed by atoms with van der Waals surface area (Å²) in [5.41, 5.74) is -4.00. The summed E-state index contributed by atoms with van der Waals surface area (Å²) < 4.78 is 39.0. The first-order valence-electron chi connectivity index (χ1n) is 23.6. The van der Waals surface area contributed by atoms with Crippen molar-refractivity contribution in [1.29, 1.82) is 0 Å². The Kier molecular flexibility index (Phi) is 14.9. The average Bonchev–Trinajstić information content (AvgIpc) is 3.64. The second-order valence-electron chi connectivity index (χ2n) is 19.2. The number of likely N-dealkylation sites (tertiary alicyclic amines) is 1. The summed E-state index contributed by atoms with van der Waals surface area (Å²) in [7, 11) is 6.71. The number of aliphatic hydroxyl groups excluding tert-OH is 1. The third-order valence-corrected chi connectivity index (χ3v) is 16.3. The van der Waals surface area contributed by atoms with Crippen LogP contribution >= 0.6 is 0 Å². The highest BCUT2D eigenvalue weighted by Crippen LogP contribution is 2.80. The summed E-state index contributed by atoms with van der Waals surface area (Å²) in [5, 5.41) is 26.1. The second kappa shape index (κ2) is 19.6. The maximum absolute atomic E-state index is 14.6. The van der Waals surface area contributed by atoms with E-state index in [1.54, 1.807) is 45.6 Å². The molecule has 7 rings (SSSR count). The standard InChI is InChI=1S/C50H75NO10/c1-7-9-10-11-12-13-14-15-16-17-18-19-20-21-25-28-37(52)61-50-38-35(31-48(55,45(59-6)43(50)53)44(38)60-46(54)34-26-23-22-24-27-34)49-36(57-4)29-30-47(33-56-3)32-51(8-2)42(49)39(50)40(58-5)41(47)49/h12-13,15-16,22-24,26-27,35-36,38-45,53,55H,7-11,14,17-21,25,28-33H2,1-6H3/b13-12-,16-15-/t35-,36+,38-,39+,40+,41-,42?,43+,44-,45+,47+,48-,49+,50-/m1/s1. The van der Waals surface area contributed by atoms with E-state index in [2.05, 4.69) is 43.1 Å². The minimum atomic E-state index is -1.78. The van der Waals surface area contributed by atoms with Crippen molar-refractivity contribution in [3.63, 3.8) is 0 Å². The second-order valence-corrected chi connectivity index (χ2v) is 19.2. The zero-order valence-electron chi connectivity index (χ0n) is 37.8. The first-order valence-corrected chi connectivity index (χ1v) is 23.6. The predicted octanol–water partition coefficient (Wildman–Crippen LogP) is 7.47. The van der Waals surface area contributed by atoms with E-state index >= 15 is 0 Å². The Labute approximate surface area is 364 Å². The van der Waals surface area contributed by atoms with Gasteiger partial charge in [-0.15, -0.1) is 0 Å². The lowest BCUT2D eigenvalue weighted by molar-refractivity contribution is -0.318. The normalized spacial score (nSPS) is 39.6. The molecule has 0 amide bonds. The Morgan fingerprint density at radius 3 is 2.21 bits per heavy atom. The van der Waals surface area contributed by atoms with E-state index < -0.39 is 70.7 Å². The number of piperidine rings is 1. The molecule has 1 unspecified atom stereocenters. The molecule has 5 aliphatic carbocycles. The van der Waals surface area contributed by atoms with Gasteiger partial charge in [-0.3, -0.25) is 9.69 Å². The molecule has 7 bridgehead atoms. The van der Waals surface area contributed by atoms with Gasteiger partial charge in [-0.2, -0.15) is 0 Å². The van der Waals surface area contributed by atoms with Crippen LogP contribution in [0.2, 0.25) is 0 Å². The number of hydrogen-bond acceptors (Lipinski definition) is 11. The smallest absolute Gasteiger partial charge is 0.338 e. The number of nitrogens with zero attached hydrogens (tertiary/aromatic N) is 1. The van der Waals surface area contributed by atoms with Crippen LogP contribution in [0.25, 0.3) is 0 Å². The van der Waals surface area contributed by atoms with Crippen molar-refractivity contribution in [2.45, 2.75) is 158 Å². The van der Waals surface area contributed by atoms with Crippen molar-refractivity contribution in [2.75, 3.05) is 48.1 Å². The molecule has 14 atom stereocenters. The molecule has 11 nitrogen and oxygen atoms in total. The molecule has 6 fully saturated rings. The van der Waals surface area contributed by atoms with Crippen LogP contribution in [-0.2, 0) is 33.2 Å². The number of allylic oxidation sites excluding steroid dienone is 4. The molecule has 1 aromatic rings. The Morgan fingerprint density at radius 1 is 0.852 bits per heavy atom. The molecule has 11 heteroatoms. The van der Waals surface area contributed by atoms with Crippen molar-refractivity contribution in [3.05, 3.63) is 60.2 Å². The van der Waals surface area contributed by atoms with Gasteiger partial charge in [0.1, 0.15) is 23.9 Å². The van der Waals surface area contributed by atoms with Gasteiger partial charge in [0.15, 0.2) is 5.60 Å². The lowest BCUT2D eigenvalue weighted by atomic mass is 9.43. The number of benzene rings is 1. The van der Waals surface area contributed by atoms with Crippen LogP contribution in [0.1, 0.15) is 121 Å². The Balaban J connectivity index is 1.18. The minimum absolute atomic E-state index is 0.115. The van der Waals surface area contributed by atoms with Crippen LogP contribution < -0.4 is 0 Å². The minimum Gasteiger partial charge on any atom is -0.455 e. The fourth-order valence-electron chi connectivity index (χ4n) is 14.4. The van der Waals surface area contributed by atoms with Gasteiger partial charge in [-0.05, 0) is 82.4 Å². The molecule has 1 saturated heterocycles. The van der Waals surface area contributed by atoms with Crippen molar-refractivity contribution in [1.82, 2.24) is 4.90 Å². The predicted molar refractivity (Wildman–Crippen MR) is 233 cm³/mol. The van der Waals surface area contributed by atoms with Gasteiger partial charge in [0, 0.05) is 76.0 Å². The SMILES string of the molecule is CCCCC/C=C\C/C=C\CCCCCCCC(=O)O[C@]12[C@H]3[C@@H](OC(=O)c4ccccc4)[C@](O)(C[C@H]3[C@@]34C5[C@@H]1[C@H](OC)[C@@H]3[C@@](COC)(CC[C@@H]4OC)CN5CC)[C@@H](OC)[C@@H]2O. The molecule has 1 heterocycles. The lowest BCUT2D eigenvalue weighted by Crippen LogP contribution is -2.81. The summed E-state index contributed by atoms with van der Waals surface area (Å²) in [6, 6.07) is 8.53. The Bertz CT molecular complexity index is 1690. The zero-order chi connectivity index (χ0) is 43.4. The largest absolute Gasteiger partial charge is 0.455 e. The number of methoxy groups -OCH3 is 4. The topological polar surface area (TPSA) is 133 Å². The van der Waals surface area contributed by atoms with Crippen molar-refractivity contribution in [3.8, 4) is 0 Å². The molecule has 340 valence electrons. The van der Waals surface area contributed by atoms with Crippen LogP contribution in [0.3, 0.4) is 0 Å².